The Kier molecular flexibility index (Phi) is 5.61. The van der Waals surface area contributed by atoms with Crippen LogP contribution in [-0.2, 0) is 4.74 Å². The second-order valence-corrected chi connectivity index (χ2v) is 8.68. The fourth-order valence-electron chi connectivity index (χ4n) is 4.23. The van der Waals surface area contributed by atoms with Gasteiger partial charge in [-0.1, -0.05) is 54.6 Å². The molecule has 1 heterocycles. The molecule has 1 aliphatic rings. The number of carbonyl (C=O) groups excluding carboxylic acids is 1. The molecule has 7 heteroatoms. The molecule has 0 saturated carbocycles. The molecule has 1 aliphatic carbocycles. The molecule has 0 aliphatic heterocycles. The summed E-state index contributed by atoms with van der Waals surface area (Å²) in [6.45, 7) is 0.0615. The topological polar surface area (TPSA) is 91.7 Å². The smallest absolute Gasteiger partial charge is 0.407 e. The first kappa shape index (κ1) is 20.6. The van der Waals surface area contributed by atoms with E-state index in [9.17, 15) is 15.0 Å². The van der Waals surface area contributed by atoms with E-state index in [1.165, 1.54) is 11.3 Å². The van der Waals surface area contributed by atoms with Crippen LogP contribution in [0.3, 0.4) is 0 Å². The minimum Gasteiger partial charge on any atom is -0.449 e. The van der Waals surface area contributed by atoms with Gasteiger partial charge in [-0.2, -0.15) is 0 Å². The lowest BCUT2D eigenvalue weighted by atomic mass is 9.98. The fraction of sp³-hybridized carbons (Fsp3) is 0.200. The van der Waals surface area contributed by atoms with Crippen LogP contribution in [0.25, 0.3) is 21.3 Å². The van der Waals surface area contributed by atoms with Crippen molar-refractivity contribution in [1.82, 2.24) is 10.3 Å². The van der Waals surface area contributed by atoms with E-state index in [1.54, 1.807) is 17.6 Å². The van der Waals surface area contributed by atoms with Crippen molar-refractivity contribution in [3.63, 3.8) is 0 Å². The van der Waals surface area contributed by atoms with Crippen LogP contribution < -0.4 is 5.32 Å². The summed E-state index contributed by atoms with van der Waals surface area (Å²) in [7, 11) is 0. The number of alkyl carbamates (subject to hydrolysis) is 1. The minimum absolute atomic E-state index is 0.0338. The van der Waals surface area contributed by atoms with Crippen molar-refractivity contribution >= 4 is 27.6 Å². The molecule has 0 radical (unpaired) electrons. The van der Waals surface area contributed by atoms with Gasteiger partial charge in [0.2, 0.25) is 0 Å². The zero-order valence-corrected chi connectivity index (χ0v) is 18.0. The highest BCUT2D eigenvalue weighted by Crippen LogP contribution is 2.44. The molecular weight excluding hydrogens is 424 g/mol. The van der Waals surface area contributed by atoms with E-state index in [0.717, 1.165) is 32.5 Å². The molecule has 6 nitrogen and oxygen atoms in total. The molecular formula is C25H22N2O4S. The number of hydrogen-bond acceptors (Lipinski definition) is 6. The highest BCUT2D eigenvalue weighted by atomic mass is 32.1. The number of ether oxygens (including phenoxy) is 1. The Morgan fingerprint density at radius 3 is 2.44 bits per heavy atom. The summed E-state index contributed by atoms with van der Waals surface area (Å²) in [6.07, 6.45) is -2.95. The van der Waals surface area contributed by atoms with Crippen molar-refractivity contribution in [3.05, 3.63) is 88.9 Å². The van der Waals surface area contributed by atoms with Gasteiger partial charge in [-0.15, -0.1) is 11.3 Å². The predicted octanol–water partition coefficient (Wildman–Crippen LogP) is 4.23. The Balaban J connectivity index is 1.18. The maximum absolute atomic E-state index is 12.3. The average molecular weight is 447 g/mol. The van der Waals surface area contributed by atoms with Crippen LogP contribution >= 0.6 is 11.3 Å². The predicted molar refractivity (Wildman–Crippen MR) is 124 cm³/mol. The summed E-state index contributed by atoms with van der Waals surface area (Å²) in [5.41, 5.74) is 7.63. The van der Waals surface area contributed by atoms with Crippen molar-refractivity contribution < 1.29 is 19.7 Å². The van der Waals surface area contributed by atoms with E-state index in [0.29, 0.717) is 5.56 Å². The third-order valence-electron chi connectivity index (χ3n) is 5.86. The normalized spacial score (nSPS) is 14.6. The second kappa shape index (κ2) is 8.70. The highest BCUT2D eigenvalue weighted by molar-refractivity contribution is 7.16. The standard InChI is InChI=1S/C25H22N2O4S/c28-22(24(29)15-9-10-23-21(11-15)27-14-32-23)12-26-25(30)31-13-20-18-7-3-1-5-16(18)17-6-2-4-8-19(17)20/h1-11,14,20,22,24,28-29H,12-13H2,(H,26,30). The Labute approximate surface area is 189 Å². The van der Waals surface area contributed by atoms with Gasteiger partial charge in [0.25, 0.3) is 0 Å². The van der Waals surface area contributed by atoms with Crippen molar-refractivity contribution in [2.75, 3.05) is 13.2 Å². The molecule has 3 N–H and O–H groups in total. The summed E-state index contributed by atoms with van der Waals surface area (Å²) in [4.78, 5) is 16.5. The Bertz CT molecular complexity index is 1230. The molecule has 0 fully saturated rings. The lowest BCUT2D eigenvalue weighted by Crippen LogP contribution is -2.36. The summed E-state index contributed by atoms with van der Waals surface area (Å²) in [5.74, 6) is -0.0338. The molecule has 162 valence electrons. The zero-order valence-electron chi connectivity index (χ0n) is 17.1. The molecule has 0 saturated heterocycles. The van der Waals surface area contributed by atoms with Gasteiger partial charge in [0.1, 0.15) is 18.8 Å². The Morgan fingerprint density at radius 1 is 1.03 bits per heavy atom. The number of amides is 1. The van der Waals surface area contributed by atoms with Crippen LogP contribution in [-0.4, -0.2) is 40.5 Å². The summed E-state index contributed by atoms with van der Waals surface area (Å²) < 4.78 is 6.48. The third-order valence-corrected chi connectivity index (χ3v) is 6.67. The number of aliphatic hydroxyl groups excluding tert-OH is 2. The first-order valence-electron chi connectivity index (χ1n) is 10.4. The largest absolute Gasteiger partial charge is 0.449 e. The monoisotopic (exact) mass is 446 g/mol. The molecule has 2 atom stereocenters. The van der Waals surface area contributed by atoms with Gasteiger partial charge in [0.15, 0.2) is 0 Å². The van der Waals surface area contributed by atoms with Gasteiger partial charge in [0.05, 0.1) is 15.7 Å². The number of fused-ring (bicyclic) bond motifs is 4. The number of rotatable bonds is 6. The SMILES string of the molecule is O=C(NCC(O)C(O)c1ccc2scnc2c1)OCC1c2ccccc2-c2ccccc21. The van der Waals surface area contributed by atoms with E-state index in [-0.39, 0.29) is 19.1 Å². The van der Waals surface area contributed by atoms with Crippen molar-refractivity contribution in [1.29, 1.82) is 0 Å². The van der Waals surface area contributed by atoms with Crippen LogP contribution in [0.2, 0.25) is 0 Å². The van der Waals surface area contributed by atoms with Crippen LogP contribution in [0.1, 0.15) is 28.7 Å². The van der Waals surface area contributed by atoms with Crippen molar-refractivity contribution in [3.8, 4) is 11.1 Å². The van der Waals surface area contributed by atoms with Crippen molar-refractivity contribution in [2.45, 2.75) is 18.1 Å². The fourth-order valence-corrected chi connectivity index (χ4v) is 4.89. The van der Waals surface area contributed by atoms with Crippen LogP contribution in [0.5, 0.6) is 0 Å². The summed E-state index contributed by atoms with van der Waals surface area (Å²) in [6, 6.07) is 21.6. The Morgan fingerprint density at radius 2 is 1.72 bits per heavy atom. The molecule has 0 bridgehead atoms. The number of carbonyl (C=O) groups is 1. The van der Waals surface area contributed by atoms with Crippen molar-refractivity contribution in [2.24, 2.45) is 0 Å². The highest BCUT2D eigenvalue weighted by Gasteiger charge is 2.29. The number of benzene rings is 3. The molecule has 1 aromatic heterocycles. The third kappa shape index (κ3) is 3.86. The molecule has 0 spiro atoms. The lowest BCUT2D eigenvalue weighted by Gasteiger charge is -2.19. The summed E-state index contributed by atoms with van der Waals surface area (Å²) >= 11 is 1.51. The van der Waals surface area contributed by atoms with E-state index in [4.69, 9.17) is 4.74 Å². The first-order valence-corrected chi connectivity index (χ1v) is 11.3. The van der Waals surface area contributed by atoms with E-state index in [1.807, 2.05) is 30.3 Å². The molecule has 4 aromatic rings. The second-order valence-electron chi connectivity index (χ2n) is 7.80. The van der Waals surface area contributed by atoms with Crippen LogP contribution in [0.4, 0.5) is 4.79 Å². The number of hydrogen-bond donors (Lipinski definition) is 3. The van der Waals surface area contributed by atoms with E-state index >= 15 is 0 Å². The number of aliphatic hydroxyl groups is 2. The molecule has 32 heavy (non-hydrogen) atoms. The zero-order chi connectivity index (χ0) is 22.1. The number of thiazole rings is 1. The number of nitrogens with zero attached hydrogens (tertiary/aromatic N) is 1. The van der Waals surface area contributed by atoms with Gasteiger partial charge in [0, 0.05) is 12.5 Å². The van der Waals surface area contributed by atoms with Crippen LogP contribution in [0, 0.1) is 0 Å². The number of nitrogens with one attached hydrogen (secondary N) is 1. The molecule has 5 rings (SSSR count). The average Bonchev–Trinajstić information content (AvgIpc) is 3.42. The van der Waals surface area contributed by atoms with Gasteiger partial charge >= 0.3 is 6.09 Å². The first-order chi connectivity index (χ1) is 15.6. The minimum atomic E-state index is -1.17. The lowest BCUT2D eigenvalue weighted by molar-refractivity contribution is 0.0186. The van der Waals surface area contributed by atoms with Gasteiger partial charge in [-0.25, -0.2) is 9.78 Å². The van der Waals surface area contributed by atoms with Crippen LogP contribution in [0.15, 0.2) is 72.2 Å². The Hall–Kier alpha value is -3.26. The molecule has 1 amide bonds. The molecule has 2 unspecified atom stereocenters. The van der Waals surface area contributed by atoms with Gasteiger partial charge in [-0.3, -0.25) is 0 Å². The van der Waals surface area contributed by atoms with E-state index < -0.39 is 18.3 Å². The maximum Gasteiger partial charge on any atom is 0.407 e. The quantitative estimate of drug-likeness (QED) is 0.412. The van der Waals surface area contributed by atoms with Gasteiger partial charge in [-0.05, 0) is 39.9 Å². The maximum atomic E-state index is 12.3. The van der Waals surface area contributed by atoms with Gasteiger partial charge < -0.3 is 20.3 Å². The summed E-state index contributed by atoms with van der Waals surface area (Å²) in [5, 5.41) is 23.4. The number of aromatic nitrogens is 1. The van der Waals surface area contributed by atoms with E-state index in [2.05, 4.69) is 34.6 Å². The molecule has 3 aromatic carbocycles.